The number of carbonyl (C=O) groups is 1. The summed E-state index contributed by atoms with van der Waals surface area (Å²) < 4.78 is 17.9. The molecule has 0 bridgehead atoms. The maximum absolute atomic E-state index is 12.8. The SMILES string of the molecule is CCCCCC[C@@H](C)Oc1ccc(-c2ccc(OC(=O)c3ccc(-c4ccc(O[C@H](C)CCCCCC)cc4)cc3)cc2)cc1. The normalized spacial score (nSPS) is 12.4. The molecule has 0 amide bonds. The molecule has 0 spiro atoms. The molecule has 4 aromatic carbocycles. The molecule has 0 heterocycles. The molecule has 0 aliphatic rings. The number of ether oxygens (including phenoxy) is 3. The molecule has 0 unspecified atom stereocenters. The van der Waals surface area contributed by atoms with E-state index in [1.165, 1.54) is 51.4 Å². The van der Waals surface area contributed by atoms with Crippen molar-refractivity contribution in [3.63, 3.8) is 0 Å². The lowest BCUT2D eigenvalue weighted by Gasteiger charge is -2.15. The molecule has 45 heavy (non-hydrogen) atoms. The zero-order chi connectivity index (χ0) is 31.9. The Balaban J connectivity index is 1.25. The Morgan fingerprint density at radius 2 is 0.844 bits per heavy atom. The van der Waals surface area contributed by atoms with Crippen LogP contribution in [0.15, 0.2) is 97.1 Å². The van der Waals surface area contributed by atoms with Gasteiger partial charge in [-0.1, -0.05) is 101 Å². The zero-order valence-corrected chi connectivity index (χ0v) is 27.6. The van der Waals surface area contributed by atoms with Crippen LogP contribution in [0.2, 0.25) is 0 Å². The first kappa shape index (κ1) is 33.8. The Morgan fingerprint density at radius 3 is 1.22 bits per heavy atom. The quantitative estimate of drug-likeness (QED) is 0.0642. The average Bonchev–Trinajstić information content (AvgIpc) is 3.06. The van der Waals surface area contributed by atoms with Crippen LogP contribution in [0.25, 0.3) is 22.3 Å². The van der Waals surface area contributed by atoms with Gasteiger partial charge in [0.25, 0.3) is 0 Å². The van der Waals surface area contributed by atoms with Crippen LogP contribution in [-0.4, -0.2) is 18.2 Å². The third-order valence-corrected chi connectivity index (χ3v) is 8.16. The summed E-state index contributed by atoms with van der Waals surface area (Å²) in [5.74, 6) is 1.91. The summed E-state index contributed by atoms with van der Waals surface area (Å²) in [5, 5.41) is 0. The Bertz CT molecular complexity index is 1410. The summed E-state index contributed by atoms with van der Waals surface area (Å²) in [6, 6.07) is 31.5. The highest BCUT2D eigenvalue weighted by molar-refractivity contribution is 5.91. The van der Waals surface area contributed by atoms with E-state index in [1.807, 2.05) is 72.8 Å². The Morgan fingerprint density at radius 1 is 0.489 bits per heavy atom. The fourth-order valence-corrected chi connectivity index (χ4v) is 5.43. The van der Waals surface area contributed by atoms with Crippen molar-refractivity contribution in [1.29, 1.82) is 0 Å². The molecule has 0 fully saturated rings. The standard InChI is InChI=1S/C41H50O4/c1-5-7-9-11-13-31(3)43-38-25-19-34(20-26-38)33-15-17-37(18-16-33)41(42)45-40-29-23-36(24-30-40)35-21-27-39(28-22-35)44-32(4)14-12-10-8-6-2/h15-32H,5-14H2,1-4H3/t31-,32-/m1/s1. The van der Waals surface area contributed by atoms with Gasteiger partial charge in [0.1, 0.15) is 17.2 Å². The summed E-state index contributed by atoms with van der Waals surface area (Å²) in [4.78, 5) is 12.8. The van der Waals surface area contributed by atoms with Crippen molar-refractivity contribution in [3.05, 3.63) is 103 Å². The fraction of sp³-hybridized carbons (Fsp3) is 0.390. The van der Waals surface area contributed by atoms with Gasteiger partial charge < -0.3 is 14.2 Å². The number of benzene rings is 4. The zero-order valence-electron chi connectivity index (χ0n) is 27.6. The first-order valence-electron chi connectivity index (χ1n) is 16.9. The minimum atomic E-state index is -0.378. The van der Waals surface area contributed by atoms with Crippen molar-refractivity contribution in [2.45, 2.75) is 104 Å². The van der Waals surface area contributed by atoms with Crippen LogP contribution in [0.5, 0.6) is 17.2 Å². The number of hydrogen-bond donors (Lipinski definition) is 0. The summed E-state index contributed by atoms with van der Waals surface area (Å²) in [7, 11) is 0. The number of carbonyl (C=O) groups excluding carboxylic acids is 1. The highest BCUT2D eigenvalue weighted by atomic mass is 16.5. The van der Waals surface area contributed by atoms with Crippen LogP contribution >= 0.6 is 0 Å². The van der Waals surface area contributed by atoms with Crippen LogP contribution in [0.4, 0.5) is 0 Å². The third kappa shape index (κ3) is 11.1. The first-order chi connectivity index (χ1) is 21.9. The van der Waals surface area contributed by atoms with E-state index in [1.54, 1.807) is 0 Å². The molecule has 2 atom stereocenters. The average molecular weight is 607 g/mol. The van der Waals surface area contributed by atoms with Crippen LogP contribution in [0.1, 0.15) is 102 Å². The Labute approximate surface area is 270 Å². The van der Waals surface area contributed by atoms with Gasteiger partial charge in [0, 0.05) is 0 Å². The van der Waals surface area contributed by atoms with Crippen LogP contribution < -0.4 is 14.2 Å². The summed E-state index contributed by atoms with van der Waals surface area (Å²) in [5.41, 5.74) is 4.76. The molecule has 0 aliphatic carbocycles. The molecule has 0 radical (unpaired) electrons. The summed E-state index contributed by atoms with van der Waals surface area (Å²) >= 11 is 0. The molecule has 4 nitrogen and oxygen atoms in total. The van der Waals surface area contributed by atoms with E-state index < -0.39 is 0 Å². The largest absolute Gasteiger partial charge is 0.491 e. The lowest BCUT2D eigenvalue weighted by molar-refractivity contribution is 0.0734. The molecule has 4 aromatic rings. The van der Waals surface area contributed by atoms with Gasteiger partial charge >= 0.3 is 5.97 Å². The van der Waals surface area contributed by atoms with Crippen molar-refractivity contribution >= 4 is 5.97 Å². The maximum atomic E-state index is 12.8. The van der Waals surface area contributed by atoms with Crippen molar-refractivity contribution in [2.24, 2.45) is 0 Å². The van der Waals surface area contributed by atoms with E-state index in [9.17, 15) is 4.79 Å². The second-order valence-corrected chi connectivity index (χ2v) is 12.1. The molecule has 0 saturated carbocycles. The number of hydrogen-bond acceptors (Lipinski definition) is 4. The molecule has 4 rings (SSSR count). The molecule has 0 aromatic heterocycles. The first-order valence-corrected chi connectivity index (χ1v) is 16.9. The third-order valence-electron chi connectivity index (χ3n) is 8.16. The number of rotatable bonds is 18. The van der Waals surface area contributed by atoms with Crippen molar-refractivity contribution in [2.75, 3.05) is 0 Å². The fourth-order valence-electron chi connectivity index (χ4n) is 5.43. The molecule has 4 heteroatoms. The molecule has 0 saturated heterocycles. The van der Waals surface area contributed by atoms with E-state index in [4.69, 9.17) is 14.2 Å². The summed E-state index contributed by atoms with van der Waals surface area (Å²) in [6.07, 6.45) is 12.6. The van der Waals surface area contributed by atoms with Gasteiger partial charge in [0.15, 0.2) is 0 Å². The minimum Gasteiger partial charge on any atom is -0.491 e. The van der Waals surface area contributed by atoms with Gasteiger partial charge in [-0.3, -0.25) is 0 Å². The molecule has 238 valence electrons. The second kappa shape index (κ2) is 18.0. The highest BCUT2D eigenvalue weighted by Gasteiger charge is 2.11. The van der Waals surface area contributed by atoms with Gasteiger partial charge in [-0.15, -0.1) is 0 Å². The van der Waals surface area contributed by atoms with E-state index in [2.05, 4.69) is 52.0 Å². The van der Waals surface area contributed by atoms with Crippen LogP contribution in [0, 0.1) is 0 Å². The van der Waals surface area contributed by atoms with Crippen molar-refractivity contribution in [3.8, 4) is 39.5 Å². The van der Waals surface area contributed by atoms with Crippen molar-refractivity contribution < 1.29 is 19.0 Å². The smallest absolute Gasteiger partial charge is 0.343 e. The lowest BCUT2D eigenvalue weighted by atomic mass is 10.0. The molecule has 0 aliphatic heterocycles. The van der Waals surface area contributed by atoms with E-state index >= 15 is 0 Å². The van der Waals surface area contributed by atoms with Crippen molar-refractivity contribution in [1.82, 2.24) is 0 Å². The molecular formula is C41H50O4. The monoisotopic (exact) mass is 606 g/mol. The number of esters is 1. The van der Waals surface area contributed by atoms with Gasteiger partial charge in [0.05, 0.1) is 17.8 Å². The predicted molar refractivity (Wildman–Crippen MR) is 186 cm³/mol. The van der Waals surface area contributed by atoms with E-state index in [-0.39, 0.29) is 18.2 Å². The Kier molecular flexibility index (Phi) is 13.6. The highest BCUT2D eigenvalue weighted by Crippen LogP contribution is 2.27. The molecular weight excluding hydrogens is 556 g/mol. The van der Waals surface area contributed by atoms with E-state index in [0.717, 1.165) is 46.6 Å². The van der Waals surface area contributed by atoms with Gasteiger partial charge in [-0.25, -0.2) is 4.79 Å². The predicted octanol–water partition coefficient (Wildman–Crippen LogP) is 11.7. The van der Waals surface area contributed by atoms with Gasteiger partial charge in [-0.2, -0.15) is 0 Å². The lowest BCUT2D eigenvalue weighted by Crippen LogP contribution is -2.11. The summed E-state index contributed by atoms with van der Waals surface area (Å²) in [6.45, 7) is 8.74. The topological polar surface area (TPSA) is 44.8 Å². The van der Waals surface area contributed by atoms with Crippen LogP contribution in [-0.2, 0) is 0 Å². The molecule has 0 N–H and O–H groups in total. The second-order valence-electron chi connectivity index (χ2n) is 12.1. The van der Waals surface area contributed by atoms with Crippen LogP contribution in [0.3, 0.4) is 0 Å². The van der Waals surface area contributed by atoms with Gasteiger partial charge in [-0.05, 0) is 110 Å². The Hall–Kier alpha value is -4.05. The van der Waals surface area contributed by atoms with E-state index in [0.29, 0.717) is 11.3 Å². The minimum absolute atomic E-state index is 0.208. The van der Waals surface area contributed by atoms with Gasteiger partial charge in [0.2, 0.25) is 0 Å². The number of unbranched alkanes of at least 4 members (excludes halogenated alkanes) is 6. The maximum Gasteiger partial charge on any atom is 0.343 e.